The maximum absolute atomic E-state index is 11.6. The Labute approximate surface area is 129 Å². The summed E-state index contributed by atoms with van der Waals surface area (Å²) in [7, 11) is -3.29. The van der Waals surface area contributed by atoms with E-state index in [1.54, 1.807) is 6.07 Å². The minimum atomic E-state index is -3.29. The largest absolute Gasteiger partial charge is 0.508 e. The molecule has 21 heavy (non-hydrogen) atoms. The Morgan fingerprint density at radius 3 is 2.57 bits per heavy atom. The summed E-state index contributed by atoms with van der Waals surface area (Å²) in [5, 5.41) is 13.3. The first kappa shape index (κ1) is 15.7. The van der Waals surface area contributed by atoms with Gasteiger partial charge in [0.15, 0.2) is 9.84 Å². The Balaban J connectivity index is 2.26. The summed E-state index contributed by atoms with van der Waals surface area (Å²) in [6.45, 7) is 2.28. The zero-order valence-electron chi connectivity index (χ0n) is 11.7. The van der Waals surface area contributed by atoms with Gasteiger partial charge in [0, 0.05) is 18.4 Å². The van der Waals surface area contributed by atoms with E-state index < -0.39 is 9.84 Å². The molecule has 4 nitrogen and oxygen atoms in total. The number of rotatable bonds is 4. The van der Waals surface area contributed by atoms with Gasteiger partial charge < -0.3 is 10.4 Å². The first-order chi connectivity index (χ1) is 9.77. The van der Waals surface area contributed by atoms with Crippen LogP contribution in [0.1, 0.15) is 11.1 Å². The first-order valence-corrected chi connectivity index (χ1v) is 8.56. The molecule has 0 saturated heterocycles. The van der Waals surface area contributed by atoms with Gasteiger partial charge in [0.1, 0.15) is 5.75 Å². The number of phenolic OH excluding ortho intramolecular Hbond substituents is 1. The Hall–Kier alpha value is -1.72. The molecular formula is C15H16ClNO3S. The minimum Gasteiger partial charge on any atom is -0.508 e. The van der Waals surface area contributed by atoms with Crippen LogP contribution in [0, 0.1) is 6.92 Å². The lowest BCUT2D eigenvalue weighted by molar-refractivity contribution is 0.469. The van der Waals surface area contributed by atoms with Gasteiger partial charge in [0.25, 0.3) is 0 Å². The second-order valence-electron chi connectivity index (χ2n) is 4.90. The summed E-state index contributed by atoms with van der Waals surface area (Å²) in [5.74, 6) is 0.184. The molecule has 0 bridgehead atoms. The van der Waals surface area contributed by atoms with Crippen LogP contribution in [0.3, 0.4) is 0 Å². The zero-order valence-corrected chi connectivity index (χ0v) is 13.3. The van der Waals surface area contributed by atoms with Gasteiger partial charge in [-0.25, -0.2) is 8.42 Å². The molecule has 2 aromatic carbocycles. The van der Waals surface area contributed by atoms with Gasteiger partial charge in [-0.05, 0) is 31.2 Å². The van der Waals surface area contributed by atoms with E-state index in [-0.39, 0.29) is 10.6 Å². The van der Waals surface area contributed by atoms with Crippen molar-refractivity contribution in [1.82, 2.24) is 0 Å². The van der Waals surface area contributed by atoms with Crippen LogP contribution < -0.4 is 5.32 Å². The maximum atomic E-state index is 11.6. The number of phenols is 1. The molecule has 0 aliphatic heterocycles. The maximum Gasteiger partial charge on any atom is 0.175 e. The van der Waals surface area contributed by atoms with Gasteiger partial charge in [-0.3, -0.25) is 0 Å². The van der Waals surface area contributed by atoms with E-state index in [2.05, 4.69) is 5.32 Å². The molecule has 2 aromatic rings. The average Bonchev–Trinajstić information content (AvgIpc) is 2.40. The summed E-state index contributed by atoms with van der Waals surface area (Å²) in [4.78, 5) is 0.197. The molecule has 0 heterocycles. The van der Waals surface area contributed by atoms with E-state index in [4.69, 9.17) is 11.6 Å². The van der Waals surface area contributed by atoms with Crippen molar-refractivity contribution >= 4 is 27.1 Å². The fourth-order valence-electron chi connectivity index (χ4n) is 1.92. The molecule has 2 rings (SSSR count). The molecule has 0 aliphatic carbocycles. The van der Waals surface area contributed by atoms with Gasteiger partial charge in [0.2, 0.25) is 0 Å². The zero-order chi connectivity index (χ0) is 15.6. The smallest absolute Gasteiger partial charge is 0.175 e. The van der Waals surface area contributed by atoms with Crippen LogP contribution in [0.5, 0.6) is 5.75 Å². The fourth-order valence-corrected chi connectivity index (χ4v) is 2.75. The molecule has 0 atom stereocenters. The van der Waals surface area contributed by atoms with E-state index in [0.717, 1.165) is 17.4 Å². The van der Waals surface area contributed by atoms with Gasteiger partial charge in [-0.15, -0.1) is 0 Å². The lowest BCUT2D eigenvalue weighted by Crippen LogP contribution is -2.03. The van der Waals surface area contributed by atoms with Crippen molar-refractivity contribution in [2.45, 2.75) is 18.4 Å². The third-order valence-corrected chi connectivity index (χ3v) is 4.51. The summed E-state index contributed by atoms with van der Waals surface area (Å²) >= 11 is 6.06. The molecule has 0 saturated carbocycles. The Bertz CT molecular complexity index is 772. The molecule has 2 N–H and O–H groups in total. The SMILES string of the molecule is Cc1ccc(O)c(CNc2cc(S(C)(=O)=O)ccc2Cl)c1. The number of anilines is 1. The van der Waals surface area contributed by atoms with Gasteiger partial charge in [-0.2, -0.15) is 0 Å². The Morgan fingerprint density at radius 2 is 1.90 bits per heavy atom. The molecule has 0 aromatic heterocycles. The highest BCUT2D eigenvalue weighted by atomic mass is 35.5. The average molecular weight is 326 g/mol. The van der Waals surface area contributed by atoms with Gasteiger partial charge in [0.05, 0.1) is 15.6 Å². The van der Waals surface area contributed by atoms with Crippen molar-refractivity contribution in [1.29, 1.82) is 0 Å². The topological polar surface area (TPSA) is 66.4 Å². The molecular weight excluding hydrogens is 310 g/mol. The molecule has 0 amide bonds. The number of benzene rings is 2. The Kier molecular flexibility index (Phi) is 4.44. The number of aryl methyl sites for hydroxylation is 1. The number of nitrogens with one attached hydrogen (secondary N) is 1. The predicted molar refractivity (Wildman–Crippen MR) is 84.7 cm³/mol. The van der Waals surface area contributed by atoms with Crippen LogP contribution in [-0.4, -0.2) is 19.8 Å². The first-order valence-electron chi connectivity index (χ1n) is 6.29. The lowest BCUT2D eigenvalue weighted by atomic mass is 10.1. The number of halogens is 1. The molecule has 0 fully saturated rings. The number of sulfone groups is 1. The quantitative estimate of drug-likeness (QED) is 0.904. The van der Waals surface area contributed by atoms with E-state index >= 15 is 0 Å². The highest BCUT2D eigenvalue weighted by Crippen LogP contribution is 2.27. The number of hydrogen-bond acceptors (Lipinski definition) is 4. The standard InChI is InChI=1S/C15H16ClNO3S/c1-10-3-6-15(18)11(7-10)9-17-14-8-12(21(2,19)20)4-5-13(14)16/h3-8,17-18H,9H2,1-2H3. The van der Waals surface area contributed by atoms with E-state index in [1.807, 2.05) is 19.1 Å². The number of aromatic hydroxyl groups is 1. The highest BCUT2D eigenvalue weighted by molar-refractivity contribution is 7.90. The van der Waals surface area contributed by atoms with Crippen LogP contribution in [0.25, 0.3) is 0 Å². The summed E-state index contributed by atoms with van der Waals surface area (Å²) < 4.78 is 23.1. The summed E-state index contributed by atoms with van der Waals surface area (Å²) in [6.07, 6.45) is 1.15. The van der Waals surface area contributed by atoms with Crippen LogP contribution in [0.4, 0.5) is 5.69 Å². The normalized spacial score (nSPS) is 11.4. The van der Waals surface area contributed by atoms with Crippen LogP contribution in [0.15, 0.2) is 41.3 Å². The summed E-state index contributed by atoms with van der Waals surface area (Å²) in [5.41, 5.74) is 2.26. The molecule has 6 heteroatoms. The second kappa shape index (κ2) is 5.95. The van der Waals surface area contributed by atoms with Crippen LogP contribution in [-0.2, 0) is 16.4 Å². The van der Waals surface area contributed by atoms with Crippen LogP contribution in [0.2, 0.25) is 5.02 Å². The second-order valence-corrected chi connectivity index (χ2v) is 7.32. The van der Waals surface area contributed by atoms with Gasteiger partial charge >= 0.3 is 0 Å². The van der Waals surface area contributed by atoms with Crippen molar-refractivity contribution in [3.05, 3.63) is 52.5 Å². The summed E-state index contributed by atoms with van der Waals surface area (Å²) in [6, 6.07) is 9.79. The molecule has 0 spiro atoms. The molecule has 0 aliphatic rings. The molecule has 112 valence electrons. The lowest BCUT2D eigenvalue weighted by Gasteiger charge is -2.11. The van der Waals surface area contributed by atoms with Crippen molar-refractivity contribution in [3.8, 4) is 5.75 Å². The third-order valence-electron chi connectivity index (χ3n) is 3.07. The monoisotopic (exact) mass is 325 g/mol. The van der Waals surface area contributed by atoms with E-state index in [0.29, 0.717) is 17.3 Å². The van der Waals surface area contributed by atoms with Crippen molar-refractivity contribution < 1.29 is 13.5 Å². The van der Waals surface area contributed by atoms with Crippen molar-refractivity contribution in [2.24, 2.45) is 0 Å². The molecule has 0 unspecified atom stereocenters. The molecule has 0 radical (unpaired) electrons. The third kappa shape index (κ3) is 3.89. The van der Waals surface area contributed by atoms with Crippen molar-refractivity contribution in [3.63, 3.8) is 0 Å². The van der Waals surface area contributed by atoms with E-state index in [9.17, 15) is 13.5 Å². The van der Waals surface area contributed by atoms with Gasteiger partial charge in [-0.1, -0.05) is 29.3 Å². The Morgan fingerprint density at radius 1 is 1.19 bits per heavy atom. The van der Waals surface area contributed by atoms with E-state index in [1.165, 1.54) is 18.2 Å². The minimum absolute atomic E-state index is 0.184. The highest BCUT2D eigenvalue weighted by Gasteiger charge is 2.10. The fraction of sp³-hybridized carbons (Fsp3) is 0.200. The predicted octanol–water partition coefficient (Wildman–Crippen LogP) is 3.37. The van der Waals surface area contributed by atoms with Crippen LogP contribution >= 0.6 is 11.6 Å². The number of hydrogen-bond donors (Lipinski definition) is 2. The van der Waals surface area contributed by atoms with Crippen molar-refractivity contribution in [2.75, 3.05) is 11.6 Å².